The third kappa shape index (κ3) is 0.218. The van der Waals surface area contributed by atoms with Gasteiger partial charge in [0.05, 0.1) is 6.10 Å². The number of rotatable bonds is 0. The molecule has 0 saturated heterocycles. The second-order valence-electron chi connectivity index (χ2n) is 3.63. The Labute approximate surface area is 48.7 Å². The van der Waals surface area contributed by atoms with E-state index in [2.05, 4.69) is 0 Å². The normalized spacial score (nSPS) is 73.9. The number of hydrogen-bond donors (Lipinski definition) is 1. The van der Waals surface area contributed by atoms with Crippen molar-refractivity contribution in [2.75, 3.05) is 0 Å². The molecular formula is C7H10O. The van der Waals surface area contributed by atoms with Gasteiger partial charge in [0.25, 0.3) is 0 Å². The summed E-state index contributed by atoms with van der Waals surface area (Å²) in [7, 11) is 0. The minimum Gasteiger partial charge on any atom is -0.393 e. The fourth-order valence-corrected chi connectivity index (χ4v) is 3.03. The third-order valence-electron chi connectivity index (χ3n) is 3.43. The van der Waals surface area contributed by atoms with Crippen LogP contribution in [0.1, 0.15) is 12.8 Å². The highest BCUT2D eigenvalue weighted by Crippen LogP contribution is 2.70. The SMILES string of the molecule is O[C@@H]1C2CC3C1[C@H]3C2. The van der Waals surface area contributed by atoms with Gasteiger partial charge >= 0.3 is 0 Å². The van der Waals surface area contributed by atoms with Gasteiger partial charge in [-0.05, 0) is 36.5 Å². The zero-order valence-corrected chi connectivity index (χ0v) is 4.75. The van der Waals surface area contributed by atoms with E-state index in [1.165, 1.54) is 12.8 Å². The quantitative estimate of drug-likeness (QED) is 0.485. The Morgan fingerprint density at radius 2 is 1.75 bits per heavy atom. The highest BCUT2D eigenvalue weighted by Gasteiger charge is 2.68. The van der Waals surface area contributed by atoms with Crippen molar-refractivity contribution < 1.29 is 5.11 Å². The van der Waals surface area contributed by atoms with Crippen LogP contribution in [0.3, 0.4) is 0 Å². The predicted octanol–water partition coefficient (Wildman–Crippen LogP) is 0.633. The molecule has 4 bridgehead atoms. The smallest absolute Gasteiger partial charge is 0.0602 e. The molecule has 0 heterocycles. The highest BCUT2D eigenvalue weighted by atomic mass is 16.3. The van der Waals surface area contributed by atoms with E-state index < -0.39 is 0 Å². The Kier molecular flexibility index (Phi) is 0.418. The molecule has 4 rings (SSSR count). The maximum Gasteiger partial charge on any atom is 0.0602 e. The molecule has 4 aliphatic rings. The van der Waals surface area contributed by atoms with Crippen molar-refractivity contribution in [3.8, 4) is 0 Å². The summed E-state index contributed by atoms with van der Waals surface area (Å²) in [6, 6.07) is 0. The minimum atomic E-state index is 0.130. The fraction of sp³-hybridized carbons (Fsp3) is 1.00. The molecule has 4 aliphatic carbocycles. The van der Waals surface area contributed by atoms with Gasteiger partial charge in [0.15, 0.2) is 0 Å². The molecule has 0 aliphatic heterocycles. The Bertz CT molecular complexity index is 129. The lowest BCUT2D eigenvalue weighted by Crippen LogP contribution is -2.09. The van der Waals surface area contributed by atoms with Crippen molar-refractivity contribution >= 4 is 0 Å². The van der Waals surface area contributed by atoms with Crippen LogP contribution in [0.25, 0.3) is 0 Å². The first-order chi connectivity index (χ1) is 3.88. The van der Waals surface area contributed by atoms with Crippen molar-refractivity contribution in [2.45, 2.75) is 18.9 Å². The number of aliphatic hydroxyl groups is 1. The average Bonchev–Trinajstić information content (AvgIpc) is 2.23. The minimum absolute atomic E-state index is 0.130. The van der Waals surface area contributed by atoms with Gasteiger partial charge in [0, 0.05) is 0 Å². The van der Waals surface area contributed by atoms with Crippen molar-refractivity contribution in [3.05, 3.63) is 0 Å². The fourth-order valence-electron chi connectivity index (χ4n) is 3.03. The molecule has 0 amide bonds. The topological polar surface area (TPSA) is 20.2 Å². The second-order valence-corrected chi connectivity index (χ2v) is 3.63. The Morgan fingerprint density at radius 3 is 1.88 bits per heavy atom. The lowest BCUT2D eigenvalue weighted by Gasteiger charge is -2.03. The van der Waals surface area contributed by atoms with E-state index in [1.54, 1.807) is 0 Å². The predicted molar refractivity (Wildman–Crippen MR) is 29.2 cm³/mol. The Balaban J connectivity index is 2.10. The summed E-state index contributed by atoms with van der Waals surface area (Å²) >= 11 is 0. The lowest BCUT2D eigenvalue weighted by molar-refractivity contribution is 0.135. The van der Waals surface area contributed by atoms with Crippen LogP contribution in [0, 0.1) is 23.7 Å². The molecule has 0 aromatic rings. The van der Waals surface area contributed by atoms with E-state index in [0.29, 0.717) is 0 Å². The molecule has 4 fully saturated rings. The summed E-state index contributed by atoms with van der Waals surface area (Å²) in [5.41, 5.74) is 0. The molecule has 1 N–H and O–H groups in total. The first-order valence-corrected chi connectivity index (χ1v) is 3.56. The van der Waals surface area contributed by atoms with Gasteiger partial charge in [-0.3, -0.25) is 0 Å². The molecule has 8 heavy (non-hydrogen) atoms. The maximum atomic E-state index is 9.35. The Hall–Kier alpha value is -0.0400. The van der Waals surface area contributed by atoms with Crippen LogP contribution >= 0.6 is 0 Å². The van der Waals surface area contributed by atoms with Crippen LogP contribution in [0.15, 0.2) is 0 Å². The maximum absolute atomic E-state index is 9.35. The van der Waals surface area contributed by atoms with Gasteiger partial charge in [-0.25, -0.2) is 0 Å². The molecule has 44 valence electrons. The largest absolute Gasteiger partial charge is 0.393 e. The van der Waals surface area contributed by atoms with E-state index in [-0.39, 0.29) is 6.10 Å². The summed E-state index contributed by atoms with van der Waals surface area (Å²) in [6.45, 7) is 0. The summed E-state index contributed by atoms with van der Waals surface area (Å²) in [5.74, 6) is 3.47. The molecule has 1 heteroatoms. The zero-order valence-electron chi connectivity index (χ0n) is 4.75. The molecule has 3 unspecified atom stereocenters. The van der Waals surface area contributed by atoms with Crippen LogP contribution in [-0.4, -0.2) is 11.2 Å². The molecule has 0 radical (unpaired) electrons. The molecule has 0 aromatic heterocycles. The van der Waals surface area contributed by atoms with Gasteiger partial charge in [-0.2, -0.15) is 0 Å². The summed E-state index contributed by atoms with van der Waals surface area (Å²) in [6.07, 6.45) is 2.84. The third-order valence-corrected chi connectivity index (χ3v) is 3.43. The van der Waals surface area contributed by atoms with Gasteiger partial charge in [-0.1, -0.05) is 0 Å². The molecule has 5 atom stereocenters. The van der Waals surface area contributed by atoms with Gasteiger partial charge in [0.1, 0.15) is 0 Å². The summed E-state index contributed by atoms with van der Waals surface area (Å²) < 4.78 is 0. The van der Waals surface area contributed by atoms with Gasteiger partial charge in [0.2, 0.25) is 0 Å². The lowest BCUT2D eigenvalue weighted by atomic mass is 10.1. The average molecular weight is 110 g/mol. The van der Waals surface area contributed by atoms with Crippen LogP contribution in [0.2, 0.25) is 0 Å². The van der Waals surface area contributed by atoms with E-state index in [1.807, 2.05) is 0 Å². The standard InChI is InChI=1S/C7H10O/c8-7-3-1-4-5(2-3)6(4)7/h3-8H,1-2H2/t3?,4-,5?,6?,7+/m0/s1. The highest BCUT2D eigenvalue weighted by molar-refractivity contribution is 5.16. The summed E-state index contributed by atoms with van der Waals surface area (Å²) in [4.78, 5) is 0. The van der Waals surface area contributed by atoms with Crippen LogP contribution < -0.4 is 0 Å². The van der Waals surface area contributed by atoms with Crippen LogP contribution in [0.5, 0.6) is 0 Å². The Morgan fingerprint density at radius 1 is 1.12 bits per heavy atom. The second kappa shape index (κ2) is 0.860. The molecule has 1 nitrogen and oxygen atoms in total. The monoisotopic (exact) mass is 110 g/mol. The van der Waals surface area contributed by atoms with Crippen molar-refractivity contribution in [1.82, 2.24) is 0 Å². The first-order valence-electron chi connectivity index (χ1n) is 3.56. The van der Waals surface area contributed by atoms with Crippen LogP contribution in [-0.2, 0) is 0 Å². The van der Waals surface area contributed by atoms with Gasteiger partial charge in [-0.15, -0.1) is 0 Å². The van der Waals surface area contributed by atoms with E-state index in [9.17, 15) is 5.11 Å². The van der Waals surface area contributed by atoms with E-state index in [4.69, 9.17) is 0 Å². The first kappa shape index (κ1) is 3.89. The van der Waals surface area contributed by atoms with Crippen molar-refractivity contribution in [1.29, 1.82) is 0 Å². The summed E-state index contributed by atoms with van der Waals surface area (Å²) in [5, 5.41) is 9.35. The van der Waals surface area contributed by atoms with E-state index >= 15 is 0 Å². The van der Waals surface area contributed by atoms with Gasteiger partial charge < -0.3 is 5.11 Å². The van der Waals surface area contributed by atoms with Crippen molar-refractivity contribution in [3.63, 3.8) is 0 Å². The zero-order chi connectivity index (χ0) is 5.30. The number of hydrogen-bond acceptors (Lipinski definition) is 1. The molecule has 0 spiro atoms. The number of aliphatic hydroxyl groups excluding tert-OH is 1. The molecule has 4 saturated carbocycles. The van der Waals surface area contributed by atoms with Crippen LogP contribution in [0.4, 0.5) is 0 Å². The molecular weight excluding hydrogens is 100 g/mol. The molecule has 0 aromatic carbocycles. The van der Waals surface area contributed by atoms with Crippen molar-refractivity contribution in [2.24, 2.45) is 23.7 Å². The van der Waals surface area contributed by atoms with E-state index in [0.717, 1.165) is 23.7 Å².